The van der Waals surface area contributed by atoms with Crippen LogP contribution in [-0.4, -0.2) is 5.91 Å². The molecule has 0 bridgehead atoms. The van der Waals surface area contributed by atoms with Gasteiger partial charge in [-0.1, -0.05) is 18.2 Å². The standard InChI is InChI=1S/C17H10BrF2NOS/c18-17-11-3-1-2-4-14(11)23-15(17)7-8-16(22)21-13-6-5-10(19)9-12(13)20/h1-9H,(H,21,22)/b8-7+. The summed E-state index contributed by atoms with van der Waals surface area (Å²) in [5.74, 6) is -1.99. The normalized spacial score (nSPS) is 11.3. The van der Waals surface area contributed by atoms with Gasteiger partial charge in [-0.2, -0.15) is 0 Å². The number of anilines is 1. The maximum Gasteiger partial charge on any atom is 0.248 e. The van der Waals surface area contributed by atoms with Gasteiger partial charge in [-0.25, -0.2) is 8.78 Å². The Morgan fingerprint density at radius 3 is 2.70 bits per heavy atom. The summed E-state index contributed by atoms with van der Waals surface area (Å²) in [6.45, 7) is 0. The molecule has 0 atom stereocenters. The minimum absolute atomic E-state index is 0.0588. The molecule has 116 valence electrons. The fourth-order valence-electron chi connectivity index (χ4n) is 2.06. The molecular weight excluding hydrogens is 384 g/mol. The van der Waals surface area contributed by atoms with Crippen molar-refractivity contribution in [3.63, 3.8) is 0 Å². The van der Waals surface area contributed by atoms with Gasteiger partial charge in [-0.15, -0.1) is 11.3 Å². The second-order valence-electron chi connectivity index (χ2n) is 4.72. The summed E-state index contributed by atoms with van der Waals surface area (Å²) in [4.78, 5) is 12.8. The molecule has 0 saturated heterocycles. The quantitative estimate of drug-likeness (QED) is 0.577. The highest BCUT2D eigenvalue weighted by Gasteiger charge is 2.08. The van der Waals surface area contributed by atoms with Crippen molar-refractivity contribution < 1.29 is 13.6 Å². The molecule has 0 unspecified atom stereocenters. The highest BCUT2D eigenvalue weighted by molar-refractivity contribution is 9.10. The molecule has 6 heteroatoms. The smallest absolute Gasteiger partial charge is 0.248 e. The van der Waals surface area contributed by atoms with E-state index in [1.165, 1.54) is 23.5 Å². The van der Waals surface area contributed by atoms with Crippen molar-refractivity contribution in [2.45, 2.75) is 0 Å². The second kappa shape index (κ2) is 6.60. The summed E-state index contributed by atoms with van der Waals surface area (Å²) in [5.41, 5.74) is -0.0588. The molecule has 1 amide bonds. The number of fused-ring (bicyclic) bond motifs is 1. The molecule has 0 aliphatic rings. The molecule has 0 saturated carbocycles. The minimum atomic E-state index is -0.810. The first kappa shape index (κ1) is 15.8. The molecule has 0 spiro atoms. The largest absolute Gasteiger partial charge is 0.320 e. The number of halogens is 3. The molecule has 3 aromatic rings. The number of carbonyl (C=O) groups is 1. The van der Waals surface area contributed by atoms with E-state index in [1.54, 1.807) is 6.08 Å². The fourth-order valence-corrected chi connectivity index (χ4v) is 3.91. The maximum atomic E-state index is 13.5. The third-order valence-electron chi connectivity index (χ3n) is 3.13. The zero-order chi connectivity index (χ0) is 16.4. The van der Waals surface area contributed by atoms with Gasteiger partial charge in [0.05, 0.1) is 5.69 Å². The lowest BCUT2D eigenvalue weighted by Crippen LogP contribution is -2.09. The molecule has 0 aliphatic heterocycles. The van der Waals surface area contributed by atoms with Gasteiger partial charge in [0.1, 0.15) is 11.6 Å². The molecule has 2 aromatic carbocycles. The number of benzene rings is 2. The Morgan fingerprint density at radius 2 is 1.96 bits per heavy atom. The van der Waals surface area contributed by atoms with Crippen LogP contribution < -0.4 is 5.32 Å². The zero-order valence-electron chi connectivity index (χ0n) is 11.6. The topological polar surface area (TPSA) is 29.1 Å². The van der Waals surface area contributed by atoms with Crippen LogP contribution in [0.5, 0.6) is 0 Å². The first-order valence-electron chi connectivity index (χ1n) is 6.66. The summed E-state index contributed by atoms with van der Waals surface area (Å²) in [6.07, 6.45) is 2.98. The number of carbonyl (C=O) groups excluding carboxylic acids is 1. The first-order chi connectivity index (χ1) is 11.0. The van der Waals surface area contributed by atoms with Gasteiger partial charge in [-0.05, 0) is 40.2 Å². The van der Waals surface area contributed by atoms with Crippen molar-refractivity contribution in [1.82, 2.24) is 0 Å². The van der Waals surface area contributed by atoms with Crippen LogP contribution >= 0.6 is 27.3 Å². The maximum absolute atomic E-state index is 13.5. The van der Waals surface area contributed by atoms with E-state index >= 15 is 0 Å². The Bertz CT molecular complexity index is 920. The van der Waals surface area contributed by atoms with E-state index in [9.17, 15) is 13.6 Å². The fraction of sp³-hybridized carbons (Fsp3) is 0. The SMILES string of the molecule is O=C(/C=C/c1sc2ccccc2c1Br)Nc1ccc(F)cc1F. The van der Waals surface area contributed by atoms with E-state index in [0.29, 0.717) is 0 Å². The Morgan fingerprint density at radius 1 is 1.17 bits per heavy atom. The molecule has 23 heavy (non-hydrogen) atoms. The number of hydrogen-bond donors (Lipinski definition) is 1. The van der Waals surface area contributed by atoms with Crippen molar-refractivity contribution in [1.29, 1.82) is 0 Å². The molecule has 1 heterocycles. The van der Waals surface area contributed by atoms with Gasteiger partial charge in [0.25, 0.3) is 0 Å². The first-order valence-corrected chi connectivity index (χ1v) is 8.26. The summed E-state index contributed by atoms with van der Waals surface area (Å²) < 4.78 is 28.3. The van der Waals surface area contributed by atoms with E-state index in [1.807, 2.05) is 24.3 Å². The van der Waals surface area contributed by atoms with E-state index in [2.05, 4.69) is 21.2 Å². The number of amides is 1. The monoisotopic (exact) mass is 393 g/mol. The molecule has 1 aromatic heterocycles. The van der Waals surface area contributed by atoms with Crippen LogP contribution in [0.2, 0.25) is 0 Å². The van der Waals surface area contributed by atoms with Gasteiger partial charge in [-0.3, -0.25) is 4.79 Å². The minimum Gasteiger partial charge on any atom is -0.320 e. The molecule has 0 aliphatic carbocycles. The van der Waals surface area contributed by atoms with Crippen LogP contribution in [0.25, 0.3) is 16.2 Å². The summed E-state index contributed by atoms with van der Waals surface area (Å²) in [7, 11) is 0. The van der Waals surface area contributed by atoms with E-state index in [-0.39, 0.29) is 5.69 Å². The van der Waals surface area contributed by atoms with Crippen molar-refractivity contribution in [3.8, 4) is 0 Å². The molecular formula is C17H10BrF2NOS. The summed E-state index contributed by atoms with van der Waals surface area (Å²) >= 11 is 5.05. The Kier molecular flexibility index (Phi) is 4.54. The van der Waals surface area contributed by atoms with E-state index < -0.39 is 17.5 Å². The number of hydrogen-bond acceptors (Lipinski definition) is 2. The predicted molar refractivity (Wildman–Crippen MR) is 93.5 cm³/mol. The number of nitrogens with one attached hydrogen (secondary N) is 1. The Hall–Kier alpha value is -2.05. The van der Waals surface area contributed by atoms with Crippen molar-refractivity contribution in [2.75, 3.05) is 5.32 Å². The third-order valence-corrected chi connectivity index (χ3v) is 5.39. The average molecular weight is 394 g/mol. The van der Waals surface area contributed by atoms with Crippen LogP contribution in [0.1, 0.15) is 4.88 Å². The molecule has 3 rings (SSSR count). The van der Waals surface area contributed by atoms with E-state index in [0.717, 1.165) is 31.6 Å². The third kappa shape index (κ3) is 3.48. The van der Waals surface area contributed by atoms with Crippen LogP contribution in [0.3, 0.4) is 0 Å². The Labute approximate surface area is 143 Å². The van der Waals surface area contributed by atoms with Gasteiger partial charge in [0, 0.05) is 31.6 Å². The predicted octanol–water partition coefficient (Wildman–Crippen LogP) is 5.59. The van der Waals surface area contributed by atoms with Crippen LogP contribution in [0, 0.1) is 11.6 Å². The zero-order valence-corrected chi connectivity index (χ0v) is 14.0. The molecule has 1 N–H and O–H groups in total. The van der Waals surface area contributed by atoms with Crippen LogP contribution in [-0.2, 0) is 4.79 Å². The van der Waals surface area contributed by atoms with Gasteiger partial charge in [0.15, 0.2) is 0 Å². The molecule has 0 radical (unpaired) electrons. The number of thiophene rings is 1. The molecule has 0 fully saturated rings. The lowest BCUT2D eigenvalue weighted by molar-refractivity contribution is -0.111. The lowest BCUT2D eigenvalue weighted by atomic mass is 10.2. The lowest BCUT2D eigenvalue weighted by Gasteiger charge is -2.03. The van der Waals surface area contributed by atoms with Crippen LogP contribution in [0.4, 0.5) is 14.5 Å². The Balaban J connectivity index is 1.78. The van der Waals surface area contributed by atoms with E-state index in [4.69, 9.17) is 0 Å². The highest BCUT2D eigenvalue weighted by Crippen LogP contribution is 2.36. The van der Waals surface area contributed by atoms with Gasteiger partial charge in [0.2, 0.25) is 5.91 Å². The number of rotatable bonds is 3. The summed E-state index contributed by atoms with van der Waals surface area (Å²) in [6, 6.07) is 10.9. The van der Waals surface area contributed by atoms with Gasteiger partial charge >= 0.3 is 0 Å². The van der Waals surface area contributed by atoms with Crippen molar-refractivity contribution >= 4 is 55.0 Å². The van der Waals surface area contributed by atoms with Gasteiger partial charge < -0.3 is 5.32 Å². The molecule has 2 nitrogen and oxygen atoms in total. The highest BCUT2D eigenvalue weighted by atomic mass is 79.9. The average Bonchev–Trinajstić information content (AvgIpc) is 2.85. The van der Waals surface area contributed by atoms with Crippen LogP contribution in [0.15, 0.2) is 53.0 Å². The van der Waals surface area contributed by atoms with Crippen molar-refractivity contribution in [3.05, 3.63) is 69.5 Å². The second-order valence-corrected chi connectivity index (χ2v) is 6.60. The van der Waals surface area contributed by atoms with Crippen molar-refractivity contribution in [2.24, 2.45) is 0 Å². The summed E-state index contributed by atoms with van der Waals surface area (Å²) in [5, 5.41) is 3.45.